The van der Waals surface area contributed by atoms with Crippen LogP contribution < -0.4 is 0 Å². The molecule has 0 fully saturated rings. The summed E-state index contributed by atoms with van der Waals surface area (Å²) >= 11 is -1.30. The van der Waals surface area contributed by atoms with Gasteiger partial charge in [-0.2, -0.15) is 0 Å². The van der Waals surface area contributed by atoms with Gasteiger partial charge in [0.05, 0.1) is 0 Å². The zero-order valence-electron chi connectivity index (χ0n) is 16.2. The number of nitrogens with zero attached hydrogens (tertiary/aromatic N) is 1. The van der Waals surface area contributed by atoms with Crippen LogP contribution in [0.4, 0.5) is 0 Å². The van der Waals surface area contributed by atoms with Crippen molar-refractivity contribution in [1.82, 2.24) is 4.98 Å². The molecule has 2 heteroatoms. The zero-order valence-corrected chi connectivity index (χ0v) is 18.3. The summed E-state index contributed by atoms with van der Waals surface area (Å²) in [7, 11) is 0. The molecule has 1 atom stereocenters. The number of hydrogen-bond donors (Lipinski definition) is 0. The maximum atomic E-state index is 4.74. The van der Waals surface area contributed by atoms with Gasteiger partial charge in [0.2, 0.25) is 0 Å². The summed E-state index contributed by atoms with van der Waals surface area (Å²) in [4.78, 5) is 4.74. The third-order valence-electron chi connectivity index (χ3n) is 4.90. The molecule has 136 valence electrons. The first-order valence-electron chi connectivity index (χ1n) is 9.41. The van der Waals surface area contributed by atoms with Gasteiger partial charge in [-0.25, -0.2) is 0 Å². The van der Waals surface area contributed by atoms with E-state index in [2.05, 4.69) is 82.3 Å². The second-order valence-electron chi connectivity index (χ2n) is 6.58. The molecule has 1 aromatic heterocycles. The number of aromatic nitrogens is 1. The van der Waals surface area contributed by atoms with Gasteiger partial charge in [-0.05, 0) is 0 Å². The Labute approximate surface area is 165 Å². The van der Waals surface area contributed by atoms with Crippen LogP contribution in [0.1, 0.15) is 32.8 Å². The van der Waals surface area contributed by atoms with Gasteiger partial charge in [-0.1, -0.05) is 0 Å². The average molecular weight is 457 g/mol. The summed E-state index contributed by atoms with van der Waals surface area (Å²) in [6, 6.07) is 22.0. The summed E-state index contributed by atoms with van der Waals surface area (Å²) in [5.41, 5.74) is 6.40. The summed E-state index contributed by atoms with van der Waals surface area (Å²) in [6.07, 6.45) is 3.18. The van der Waals surface area contributed by atoms with E-state index in [1.54, 1.807) is 3.57 Å². The molecule has 0 unspecified atom stereocenters. The predicted molar refractivity (Wildman–Crippen MR) is 123 cm³/mol. The Hall–Kier alpha value is -1.68. The fraction of sp³-hybridized carbons (Fsp3) is 0.292. The van der Waals surface area contributed by atoms with Gasteiger partial charge in [0.15, 0.2) is 0 Å². The molecule has 2 aromatic carbocycles. The number of alkyl halides is 2. The van der Waals surface area contributed by atoms with Crippen LogP contribution in [-0.2, 0) is 0 Å². The number of rotatable bonds is 6. The number of pyridine rings is 1. The molecule has 0 N–H and O–H groups in total. The Morgan fingerprint density at radius 1 is 0.923 bits per heavy atom. The van der Waals surface area contributed by atoms with Crippen molar-refractivity contribution in [2.24, 2.45) is 0 Å². The Morgan fingerprint density at radius 2 is 1.69 bits per heavy atom. The van der Waals surface area contributed by atoms with Crippen LogP contribution >= 0.6 is 19.8 Å². The van der Waals surface area contributed by atoms with Crippen molar-refractivity contribution in [3.63, 3.8) is 0 Å². The molecule has 0 saturated heterocycles. The molecule has 0 saturated carbocycles. The van der Waals surface area contributed by atoms with Crippen LogP contribution in [0, 0.1) is 10.5 Å². The number of aryl methyl sites for hydroxylation is 1. The summed E-state index contributed by atoms with van der Waals surface area (Å²) in [6.45, 7) is 9.32. The van der Waals surface area contributed by atoms with E-state index in [1.807, 2.05) is 12.3 Å². The van der Waals surface area contributed by atoms with Crippen LogP contribution in [0.25, 0.3) is 22.4 Å². The summed E-state index contributed by atoms with van der Waals surface area (Å²) < 4.78 is 3.70. The number of benzene rings is 2. The van der Waals surface area contributed by atoms with Gasteiger partial charge < -0.3 is 0 Å². The van der Waals surface area contributed by atoms with Crippen LogP contribution in [0.2, 0.25) is 0 Å². The molecule has 0 amide bonds. The van der Waals surface area contributed by atoms with E-state index in [1.165, 1.54) is 33.1 Å². The van der Waals surface area contributed by atoms with Gasteiger partial charge in [0.1, 0.15) is 0 Å². The molecule has 0 aliphatic carbocycles. The van der Waals surface area contributed by atoms with E-state index in [4.69, 9.17) is 4.98 Å². The maximum absolute atomic E-state index is 4.74. The second kappa shape index (κ2) is 8.81. The molecule has 1 heterocycles. The van der Waals surface area contributed by atoms with Crippen molar-refractivity contribution in [2.75, 3.05) is 4.43 Å². The molecule has 0 spiro atoms. The zero-order chi connectivity index (χ0) is 18.5. The van der Waals surface area contributed by atoms with Crippen molar-refractivity contribution < 1.29 is 0 Å². The minimum atomic E-state index is -1.30. The summed E-state index contributed by atoms with van der Waals surface area (Å²) in [5.74, 6) is 0. The topological polar surface area (TPSA) is 12.9 Å². The van der Waals surface area contributed by atoms with Crippen LogP contribution in [0.5, 0.6) is 0 Å². The number of hydrogen-bond acceptors (Lipinski definition) is 1. The molecular formula is C24H28IN. The molecule has 26 heavy (non-hydrogen) atoms. The molecule has 0 radical (unpaired) electrons. The van der Waals surface area contributed by atoms with Crippen molar-refractivity contribution in [3.8, 4) is 22.4 Å². The average Bonchev–Trinajstić information content (AvgIpc) is 2.69. The first kappa shape index (κ1) is 19.1. The number of halogens is 1. The Kier molecular flexibility index (Phi) is 6.47. The van der Waals surface area contributed by atoms with Gasteiger partial charge in [0.25, 0.3) is 0 Å². The third-order valence-corrected chi connectivity index (χ3v) is 12.4. The van der Waals surface area contributed by atoms with E-state index in [9.17, 15) is 0 Å². The van der Waals surface area contributed by atoms with Gasteiger partial charge in [0, 0.05) is 0 Å². The van der Waals surface area contributed by atoms with E-state index in [0.717, 1.165) is 9.62 Å². The standard InChI is InChI=1S/C24H28IN/c1-5-19(4)25(6-2)23-17-21(20-12-8-7-9-13-20)14-15-22(23)24-18(3)11-10-16-26-24/h7-17,19H,5-6H2,1-4H3/t19-/m1/s1. The van der Waals surface area contributed by atoms with Crippen LogP contribution in [-0.4, -0.2) is 13.3 Å². The first-order chi connectivity index (χ1) is 12.7. The SMILES string of the molecule is CC[C@@H](C)I(CC)c1cc(-c2ccccc2)ccc1-c1ncccc1C. The Balaban J connectivity index is 2.19. The van der Waals surface area contributed by atoms with Crippen LogP contribution in [0.3, 0.4) is 0 Å². The van der Waals surface area contributed by atoms with E-state index < -0.39 is 19.8 Å². The van der Waals surface area contributed by atoms with Crippen molar-refractivity contribution >= 4 is 19.8 Å². The monoisotopic (exact) mass is 457 g/mol. The van der Waals surface area contributed by atoms with Crippen molar-refractivity contribution in [3.05, 3.63) is 76.0 Å². The van der Waals surface area contributed by atoms with Crippen molar-refractivity contribution in [1.29, 1.82) is 0 Å². The van der Waals surface area contributed by atoms with Gasteiger partial charge in [-0.3, -0.25) is 0 Å². The molecule has 0 aliphatic rings. The molecule has 1 nitrogen and oxygen atoms in total. The quantitative estimate of drug-likeness (QED) is 0.281. The van der Waals surface area contributed by atoms with Crippen molar-refractivity contribution in [2.45, 2.75) is 38.0 Å². The predicted octanol–water partition coefficient (Wildman–Crippen LogP) is 7.22. The van der Waals surface area contributed by atoms with E-state index >= 15 is 0 Å². The normalized spacial score (nSPS) is 12.7. The van der Waals surface area contributed by atoms with E-state index in [-0.39, 0.29) is 0 Å². The molecule has 0 aliphatic heterocycles. The first-order valence-corrected chi connectivity index (χ1v) is 13.3. The van der Waals surface area contributed by atoms with Gasteiger partial charge in [-0.15, -0.1) is 0 Å². The molecular weight excluding hydrogens is 429 g/mol. The fourth-order valence-electron chi connectivity index (χ4n) is 3.28. The van der Waals surface area contributed by atoms with Gasteiger partial charge >= 0.3 is 166 Å². The molecule has 3 rings (SSSR count). The second-order valence-corrected chi connectivity index (χ2v) is 13.7. The van der Waals surface area contributed by atoms with Crippen LogP contribution in [0.15, 0.2) is 66.9 Å². The third kappa shape index (κ3) is 4.01. The Bertz CT molecular complexity index is 857. The molecule has 3 aromatic rings. The fourth-order valence-corrected chi connectivity index (χ4v) is 9.73. The van der Waals surface area contributed by atoms with E-state index in [0.29, 0.717) is 0 Å². The Morgan fingerprint density at radius 3 is 2.35 bits per heavy atom. The summed E-state index contributed by atoms with van der Waals surface area (Å²) in [5, 5.41) is 0. The minimum absolute atomic E-state index is 0.804. The molecule has 0 bridgehead atoms.